The van der Waals surface area contributed by atoms with E-state index in [-0.39, 0.29) is 0 Å². The first-order valence-corrected chi connectivity index (χ1v) is 9.44. The summed E-state index contributed by atoms with van der Waals surface area (Å²) in [7, 11) is 0. The number of benzene rings is 1. The molecule has 0 unspecified atom stereocenters. The smallest absolute Gasteiger partial charge is 0.258 e. The molecule has 1 aromatic carbocycles. The lowest BCUT2D eigenvalue weighted by molar-refractivity contribution is 0.425. The van der Waals surface area contributed by atoms with Crippen LogP contribution in [-0.4, -0.2) is 15.1 Å². The highest BCUT2D eigenvalue weighted by atomic mass is 35.5. The number of nitrogens with zero attached hydrogens (tertiary/aromatic N) is 3. The normalized spacial score (nSPS) is 11.3. The van der Waals surface area contributed by atoms with E-state index in [1.165, 1.54) is 0 Å². The van der Waals surface area contributed by atoms with Gasteiger partial charge in [-0.05, 0) is 29.6 Å². The second-order valence-corrected chi connectivity index (χ2v) is 7.88. The second kappa shape index (κ2) is 6.00. The molecule has 0 spiro atoms. The van der Waals surface area contributed by atoms with Crippen LogP contribution in [0.5, 0.6) is 0 Å². The van der Waals surface area contributed by atoms with Crippen LogP contribution in [0.3, 0.4) is 0 Å². The molecule has 8 heteroatoms. The molecule has 0 aliphatic heterocycles. The minimum absolute atomic E-state index is 0.563. The van der Waals surface area contributed by atoms with Gasteiger partial charge in [0.2, 0.25) is 0 Å². The van der Waals surface area contributed by atoms with Gasteiger partial charge in [0.25, 0.3) is 5.89 Å². The number of hydrogen-bond acceptors (Lipinski definition) is 7. The summed E-state index contributed by atoms with van der Waals surface area (Å²) in [6.45, 7) is 0. The molecule has 22 heavy (non-hydrogen) atoms. The maximum absolute atomic E-state index is 5.98. The Morgan fingerprint density at radius 2 is 2.18 bits per heavy atom. The van der Waals surface area contributed by atoms with Crippen molar-refractivity contribution in [2.45, 2.75) is 10.1 Å². The van der Waals surface area contributed by atoms with E-state index in [1.807, 2.05) is 35.0 Å². The van der Waals surface area contributed by atoms with Crippen LogP contribution < -0.4 is 0 Å². The molecule has 110 valence electrons. The summed E-state index contributed by atoms with van der Waals surface area (Å²) in [5.74, 6) is 1.86. The number of thiazole rings is 1. The molecule has 0 saturated carbocycles. The number of aromatic nitrogens is 3. The Morgan fingerprint density at radius 1 is 1.23 bits per heavy atom. The van der Waals surface area contributed by atoms with Gasteiger partial charge in [0.15, 0.2) is 10.2 Å². The summed E-state index contributed by atoms with van der Waals surface area (Å²) in [5, 5.41) is 8.68. The van der Waals surface area contributed by atoms with Crippen LogP contribution in [-0.2, 0) is 5.75 Å². The Labute approximate surface area is 143 Å². The van der Waals surface area contributed by atoms with Gasteiger partial charge in [-0.2, -0.15) is 16.3 Å². The summed E-state index contributed by atoms with van der Waals surface area (Å²) in [6, 6.07) is 7.71. The molecular formula is C14H8ClN3OS3. The fraction of sp³-hybridized carbons (Fsp3) is 0.0714. The van der Waals surface area contributed by atoms with Gasteiger partial charge in [-0.25, -0.2) is 4.98 Å². The Kier molecular flexibility index (Phi) is 3.87. The molecule has 0 saturated heterocycles. The molecule has 4 rings (SSSR count). The average Bonchev–Trinajstić information content (AvgIpc) is 3.24. The minimum Gasteiger partial charge on any atom is -0.334 e. The first-order chi connectivity index (χ1) is 10.8. The first-order valence-electron chi connectivity index (χ1n) is 6.32. The quantitative estimate of drug-likeness (QED) is 0.456. The molecule has 0 bridgehead atoms. The lowest BCUT2D eigenvalue weighted by Gasteiger charge is -1.90. The van der Waals surface area contributed by atoms with Crippen LogP contribution in [0.4, 0.5) is 0 Å². The molecule has 0 aliphatic rings. The number of fused-ring (bicyclic) bond motifs is 1. The Morgan fingerprint density at radius 3 is 3.05 bits per heavy atom. The summed E-state index contributed by atoms with van der Waals surface area (Å²) < 4.78 is 7.37. The van der Waals surface area contributed by atoms with Crippen molar-refractivity contribution in [1.29, 1.82) is 0 Å². The standard InChI is InChI=1S/C14H8ClN3OS3/c15-9-1-2-11-10(5-9)16-14(22-11)21-7-12-17-13(19-18-12)8-3-4-20-6-8/h1-6H,7H2. The summed E-state index contributed by atoms with van der Waals surface area (Å²) in [6.07, 6.45) is 0. The SMILES string of the molecule is Clc1ccc2sc(SCc3noc(-c4ccsc4)n3)nc2c1. The molecule has 0 fully saturated rings. The fourth-order valence-electron chi connectivity index (χ4n) is 1.88. The zero-order valence-corrected chi connectivity index (χ0v) is 14.2. The van der Waals surface area contributed by atoms with Crippen LogP contribution in [0.15, 0.2) is 43.9 Å². The topological polar surface area (TPSA) is 51.8 Å². The van der Waals surface area contributed by atoms with E-state index in [2.05, 4.69) is 15.1 Å². The minimum atomic E-state index is 0.563. The molecule has 0 atom stereocenters. The lowest BCUT2D eigenvalue weighted by Crippen LogP contribution is -1.83. The molecule has 4 nitrogen and oxygen atoms in total. The summed E-state index contributed by atoms with van der Waals surface area (Å²) >= 11 is 10.8. The molecule has 0 aliphatic carbocycles. The Bertz CT molecular complexity index is 917. The molecule has 0 N–H and O–H groups in total. The fourth-order valence-corrected chi connectivity index (χ4v) is 4.57. The van der Waals surface area contributed by atoms with Crippen LogP contribution in [0.1, 0.15) is 5.82 Å². The van der Waals surface area contributed by atoms with E-state index in [9.17, 15) is 0 Å². The van der Waals surface area contributed by atoms with Gasteiger partial charge in [0, 0.05) is 10.4 Å². The number of thiophene rings is 1. The van der Waals surface area contributed by atoms with Crippen molar-refractivity contribution in [2.75, 3.05) is 0 Å². The first kappa shape index (κ1) is 14.2. The maximum atomic E-state index is 5.98. The van der Waals surface area contributed by atoms with Gasteiger partial charge < -0.3 is 4.52 Å². The zero-order valence-electron chi connectivity index (χ0n) is 11.0. The molecule has 3 aromatic heterocycles. The average molecular weight is 366 g/mol. The second-order valence-electron chi connectivity index (χ2n) is 4.41. The van der Waals surface area contributed by atoms with E-state index in [1.54, 1.807) is 34.4 Å². The molecule has 3 heterocycles. The largest absolute Gasteiger partial charge is 0.334 e. The third kappa shape index (κ3) is 2.89. The highest BCUT2D eigenvalue weighted by molar-refractivity contribution is 8.00. The van der Waals surface area contributed by atoms with Gasteiger partial charge in [0.1, 0.15) is 0 Å². The van der Waals surface area contributed by atoms with Crippen LogP contribution in [0, 0.1) is 0 Å². The van der Waals surface area contributed by atoms with Gasteiger partial charge in [-0.15, -0.1) is 11.3 Å². The molecule has 0 amide bonds. The van der Waals surface area contributed by atoms with Gasteiger partial charge >= 0.3 is 0 Å². The van der Waals surface area contributed by atoms with E-state index in [0.717, 1.165) is 20.1 Å². The Hall–Kier alpha value is -1.41. The maximum Gasteiger partial charge on any atom is 0.258 e. The van der Waals surface area contributed by atoms with Gasteiger partial charge in [-0.3, -0.25) is 0 Å². The van der Waals surface area contributed by atoms with Crippen molar-refractivity contribution < 1.29 is 4.52 Å². The van der Waals surface area contributed by atoms with Crippen molar-refractivity contribution in [1.82, 2.24) is 15.1 Å². The third-order valence-corrected chi connectivity index (χ3v) is 5.98. The van der Waals surface area contributed by atoms with Crippen LogP contribution >= 0.6 is 46.0 Å². The summed E-state index contributed by atoms with van der Waals surface area (Å²) in [5.41, 5.74) is 1.88. The number of thioether (sulfide) groups is 1. The highest BCUT2D eigenvalue weighted by Gasteiger charge is 2.11. The van der Waals surface area contributed by atoms with Crippen molar-refractivity contribution in [3.8, 4) is 11.5 Å². The van der Waals surface area contributed by atoms with Crippen LogP contribution in [0.25, 0.3) is 21.7 Å². The number of rotatable bonds is 4. The predicted octanol–water partition coefficient (Wildman–Crippen LogP) is 5.35. The predicted molar refractivity (Wildman–Crippen MR) is 91.8 cm³/mol. The van der Waals surface area contributed by atoms with Crippen molar-refractivity contribution in [2.24, 2.45) is 0 Å². The van der Waals surface area contributed by atoms with E-state index < -0.39 is 0 Å². The van der Waals surface area contributed by atoms with Crippen molar-refractivity contribution >= 4 is 56.3 Å². The number of halogens is 1. The summed E-state index contributed by atoms with van der Waals surface area (Å²) in [4.78, 5) is 8.96. The van der Waals surface area contributed by atoms with Gasteiger partial charge in [0.05, 0.1) is 21.5 Å². The van der Waals surface area contributed by atoms with Gasteiger partial charge in [-0.1, -0.05) is 28.5 Å². The third-order valence-electron chi connectivity index (χ3n) is 2.89. The van der Waals surface area contributed by atoms with E-state index >= 15 is 0 Å². The molecular weight excluding hydrogens is 358 g/mol. The van der Waals surface area contributed by atoms with Crippen molar-refractivity contribution in [3.05, 3.63) is 45.9 Å². The zero-order chi connectivity index (χ0) is 14.9. The van der Waals surface area contributed by atoms with Crippen molar-refractivity contribution in [3.63, 3.8) is 0 Å². The molecule has 0 radical (unpaired) electrons. The monoisotopic (exact) mass is 365 g/mol. The highest BCUT2D eigenvalue weighted by Crippen LogP contribution is 2.32. The number of hydrogen-bond donors (Lipinski definition) is 0. The van der Waals surface area contributed by atoms with E-state index in [4.69, 9.17) is 16.1 Å². The Balaban J connectivity index is 1.49. The van der Waals surface area contributed by atoms with E-state index in [0.29, 0.717) is 22.5 Å². The van der Waals surface area contributed by atoms with Crippen LogP contribution in [0.2, 0.25) is 5.02 Å². The lowest BCUT2D eigenvalue weighted by atomic mass is 10.3. The molecule has 4 aromatic rings.